The van der Waals surface area contributed by atoms with Crippen molar-refractivity contribution in [3.63, 3.8) is 0 Å². The number of hydrogen-bond acceptors (Lipinski definition) is 5. The third-order valence-electron chi connectivity index (χ3n) is 4.54. The topological polar surface area (TPSA) is 64.0 Å². The molecule has 0 atom stereocenters. The second-order valence-corrected chi connectivity index (χ2v) is 9.13. The quantitative estimate of drug-likeness (QED) is 0.442. The number of hydrogen-bond donors (Lipinski definition) is 1. The van der Waals surface area contributed by atoms with Gasteiger partial charge in [-0.05, 0) is 48.8 Å². The molecule has 0 spiro atoms. The number of benzene rings is 1. The number of carbonyl (C=O) groups excluding carboxylic acids is 1. The zero-order valence-electron chi connectivity index (χ0n) is 16.6. The number of thiophene rings is 1. The van der Waals surface area contributed by atoms with E-state index in [4.69, 9.17) is 0 Å². The van der Waals surface area contributed by atoms with Crippen LogP contribution >= 0.6 is 23.1 Å². The molecule has 1 N–H and O–H groups in total. The SMILES string of the molecule is Cc1cccc(C)c1NC(=O)CSc1nc2ccsc2c(=O)n1CCC(C)C. The van der Waals surface area contributed by atoms with E-state index in [2.05, 4.69) is 24.1 Å². The van der Waals surface area contributed by atoms with Crippen molar-refractivity contribution >= 4 is 44.9 Å². The van der Waals surface area contributed by atoms with E-state index in [0.717, 1.165) is 23.2 Å². The maximum absolute atomic E-state index is 12.9. The molecule has 0 saturated heterocycles. The summed E-state index contributed by atoms with van der Waals surface area (Å²) in [6.07, 6.45) is 0.890. The number of para-hydroxylation sites is 1. The lowest BCUT2D eigenvalue weighted by molar-refractivity contribution is -0.113. The van der Waals surface area contributed by atoms with Gasteiger partial charge in [-0.2, -0.15) is 0 Å². The number of carbonyl (C=O) groups is 1. The van der Waals surface area contributed by atoms with E-state index in [0.29, 0.717) is 27.8 Å². The van der Waals surface area contributed by atoms with E-state index >= 15 is 0 Å². The third kappa shape index (κ3) is 4.64. The van der Waals surface area contributed by atoms with E-state index in [-0.39, 0.29) is 17.2 Å². The first-order valence-electron chi connectivity index (χ1n) is 9.33. The van der Waals surface area contributed by atoms with Crippen LogP contribution in [0.5, 0.6) is 0 Å². The van der Waals surface area contributed by atoms with Crippen LogP contribution in [0.25, 0.3) is 10.2 Å². The minimum atomic E-state index is -0.0996. The van der Waals surface area contributed by atoms with Gasteiger partial charge in [-0.3, -0.25) is 14.2 Å². The molecular weight excluding hydrogens is 390 g/mol. The Labute approximate surface area is 173 Å². The second-order valence-electron chi connectivity index (χ2n) is 7.27. The van der Waals surface area contributed by atoms with E-state index < -0.39 is 0 Å². The van der Waals surface area contributed by atoms with Gasteiger partial charge in [-0.1, -0.05) is 43.8 Å². The standard InChI is InChI=1S/C21H25N3O2S2/c1-13(2)8-10-24-20(26)19-16(9-11-27-19)22-21(24)28-12-17(25)23-18-14(3)6-5-7-15(18)4/h5-7,9,11,13H,8,10,12H2,1-4H3,(H,23,25). The molecule has 0 aliphatic rings. The van der Waals surface area contributed by atoms with Gasteiger partial charge in [0, 0.05) is 12.2 Å². The molecule has 0 aliphatic carbocycles. The first kappa shape index (κ1) is 20.6. The molecule has 0 saturated carbocycles. The summed E-state index contributed by atoms with van der Waals surface area (Å²) in [5.41, 5.74) is 3.60. The Bertz CT molecular complexity index is 1030. The lowest BCUT2D eigenvalue weighted by Gasteiger charge is -2.14. The second kappa shape index (κ2) is 8.92. The zero-order chi connectivity index (χ0) is 20.3. The normalized spacial score (nSPS) is 11.3. The molecule has 7 heteroatoms. The van der Waals surface area contributed by atoms with Crippen LogP contribution in [0.4, 0.5) is 5.69 Å². The molecule has 0 aliphatic heterocycles. The Morgan fingerprint density at radius 3 is 2.64 bits per heavy atom. The highest BCUT2D eigenvalue weighted by Crippen LogP contribution is 2.23. The van der Waals surface area contributed by atoms with Crippen LogP contribution in [0.1, 0.15) is 31.4 Å². The maximum Gasteiger partial charge on any atom is 0.272 e. The van der Waals surface area contributed by atoms with Crippen LogP contribution in [-0.4, -0.2) is 21.2 Å². The molecule has 0 unspecified atom stereocenters. The number of nitrogens with one attached hydrogen (secondary N) is 1. The number of aryl methyl sites for hydroxylation is 2. The molecule has 3 rings (SSSR count). The van der Waals surface area contributed by atoms with Gasteiger partial charge in [0.2, 0.25) is 5.91 Å². The van der Waals surface area contributed by atoms with E-state index in [1.807, 2.05) is 43.5 Å². The summed E-state index contributed by atoms with van der Waals surface area (Å²) in [4.78, 5) is 30.0. The number of thioether (sulfide) groups is 1. The summed E-state index contributed by atoms with van der Waals surface area (Å²) in [6.45, 7) is 8.83. The van der Waals surface area contributed by atoms with E-state index in [1.54, 1.807) is 4.57 Å². The average Bonchev–Trinajstić information content (AvgIpc) is 3.11. The number of fused-ring (bicyclic) bond motifs is 1. The van der Waals surface area contributed by atoms with Crippen LogP contribution in [0.15, 0.2) is 39.6 Å². The Hall–Kier alpha value is -2.12. The highest BCUT2D eigenvalue weighted by molar-refractivity contribution is 7.99. The smallest absolute Gasteiger partial charge is 0.272 e. The van der Waals surface area contributed by atoms with Crippen LogP contribution in [0.2, 0.25) is 0 Å². The Morgan fingerprint density at radius 2 is 1.96 bits per heavy atom. The molecule has 2 heterocycles. The third-order valence-corrected chi connectivity index (χ3v) is 6.41. The van der Waals surface area contributed by atoms with Crippen molar-refractivity contribution in [2.24, 2.45) is 5.92 Å². The first-order valence-corrected chi connectivity index (χ1v) is 11.2. The fourth-order valence-electron chi connectivity index (χ4n) is 2.94. The molecule has 2 aromatic heterocycles. The summed E-state index contributed by atoms with van der Waals surface area (Å²) < 4.78 is 2.39. The van der Waals surface area contributed by atoms with Gasteiger partial charge < -0.3 is 5.32 Å². The highest BCUT2D eigenvalue weighted by Gasteiger charge is 2.15. The molecule has 148 valence electrons. The molecule has 0 bridgehead atoms. The van der Waals surface area contributed by atoms with Gasteiger partial charge in [0.1, 0.15) is 4.70 Å². The van der Waals surface area contributed by atoms with Crippen molar-refractivity contribution in [3.8, 4) is 0 Å². The van der Waals surface area contributed by atoms with E-state index in [1.165, 1.54) is 23.1 Å². The van der Waals surface area contributed by atoms with Crippen molar-refractivity contribution in [2.75, 3.05) is 11.1 Å². The Kier molecular flexibility index (Phi) is 6.57. The predicted octanol–water partition coefficient (Wildman–Crippen LogP) is 4.85. The molecular formula is C21H25N3O2S2. The minimum absolute atomic E-state index is 0.0155. The van der Waals surface area contributed by atoms with Crippen LogP contribution in [0.3, 0.4) is 0 Å². The first-order chi connectivity index (χ1) is 13.4. The summed E-state index contributed by atoms with van der Waals surface area (Å²) in [6, 6.07) is 7.79. The van der Waals surface area contributed by atoms with Crippen molar-refractivity contribution < 1.29 is 4.79 Å². The molecule has 0 radical (unpaired) electrons. The van der Waals surface area contributed by atoms with Crippen molar-refractivity contribution in [1.29, 1.82) is 0 Å². The van der Waals surface area contributed by atoms with Gasteiger partial charge in [-0.15, -0.1) is 11.3 Å². The molecule has 1 aromatic carbocycles. The largest absolute Gasteiger partial charge is 0.325 e. The van der Waals surface area contributed by atoms with Gasteiger partial charge in [0.05, 0.1) is 11.3 Å². The van der Waals surface area contributed by atoms with Crippen LogP contribution in [0, 0.1) is 19.8 Å². The van der Waals surface area contributed by atoms with Gasteiger partial charge >= 0.3 is 0 Å². The molecule has 28 heavy (non-hydrogen) atoms. The lowest BCUT2D eigenvalue weighted by Crippen LogP contribution is -2.24. The fraction of sp³-hybridized carbons (Fsp3) is 0.381. The number of amides is 1. The monoisotopic (exact) mass is 415 g/mol. The molecule has 3 aromatic rings. The lowest BCUT2D eigenvalue weighted by atomic mass is 10.1. The Balaban J connectivity index is 1.80. The number of nitrogens with zero attached hydrogens (tertiary/aromatic N) is 2. The van der Waals surface area contributed by atoms with Crippen molar-refractivity contribution in [1.82, 2.24) is 9.55 Å². The summed E-state index contributed by atoms with van der Waals surface area (Å²) >= 11 is 2.73. The number of rotatable bonds is 7. The zero-order valence-corrected chi connectivity index (χ0v) is 18.2. The van der Waals surface area contributed by atoms with Gasteiger partial charge in [-0.25, -0.2) is 4.98 Å². The molecule has 0 fully saturated rings. The number of aromatic nitrogens is 2. The van der Waals surface area contributed by atoms with Crippen molar-refractivity contribution in [2.45, 2.75) is 45.8 Å². The minimum Gasteiger partial charge on any atom is -0.325 e. The summed E-state index contributed by atoms with van der Waals surface area (Å²) in [7, 11) is 0. The number of anilines is 1. The highest BCUT2D eigenvalue weighted by atomic mass is 32.2. The summed E-state index contributed by atoms with van der Waals surface area (Å²) in [5, 5.41) is 5.48. The van der Waals surface area contributed by atoms with Gasteiger partial charge in [0.15, 0.2) is 5.16 Å². The van der Waals surface area contributed by atoms with Crippen LogP contribution in [-0.2, 0) is 11.3 Å². The fourth-order valence-corrected chi connectivity index (χ4v) is 4.54. The average molecular weight is 416 g/mol. The predicted molar refractivity (Wildman–Crippen MR) is 119 cm³/mol. The molecule has 5 nitrogen and oxygen atoms in total. The van der Waals surface area contributed by atoms with Crippen molar-refractivity contribution in [3.05, 3.63) is 51.1 Å². The Morgan fingerprint density at radius 1 is 1.25 bits per heavy atom. The maximum atomic E-state index is 12.9. The van der Waals surface area contributed by atoms with E-state index in [9.17, 15) is 9.59 Å². The summed E-state index contributed by atoms with van der Waals surface area (Å²) in [5.74, 6) is 0.589. The van der Waals surface area contributed by atoms with Gasteiger partial charge in [0.25, 0.3) is 5.56 Å². The van der Waals surface area contributed by atoms with Crippen LogP contribution < -0.4 is 10.9 Å². The molecule has 1 amide bonds.